The number of hydrogen-bond donors (Lipinski definition) is 0. The third kappa shape index (κ3) is 4.91. The average molecular weight is 746 g/mol. The van der Waals surface area contributed by atoms with E-state index >= 15 is 0 Å². The molecular formula is C51H31N5S. The fourth-order valence-electron chi connectivity index (χ4n) is 8.70. The van der Waals surface area contributed by atoms with Crippen LogP contribution in [0.1, 0.15) is 0 Å². The van der Waals surface area contributed by atoms with Crippen molar-refractivity contribution in [2.24, 2.45) is 0 Å². The van der Waals surface area contributed by atoms with Gasteiger partial charge in [-0.3, -0.25) is 0 Å². The Morgan fingerprint density at radius 3 is 1.51 bits per heavy atom. The molecule has 57 heavy (non-hydrogen) atoms. The van der Waals surface area contributed by atoms with Crippen LogP contribution >= 0.6 is 11.3 Å². The molecule has 4 heterocycles. The standard InChI is InChI=1S/C51H31N5S/c1-4-15-32(16-5-1)49-52-50(33-17-6-2-7-18-33)54-51(53-49)34-27-28-41-38(31-34)46-43(55(41)35-19-8-3-9-20-35)29-30-45-48(46)47-42(25-14-26-44(47)57-45)56-39-23-12-10-21-36(39)37-22-11-13-24-40(37)56/h1-31H. The molecule has 266 valence electrons. The fraction of sp³-hybridized carbons (Fsp3) is 0. The van der Waals surface area contributed by atoms with E-state index in [1.165, 1.54) is 53.1 Å². The topological polar surface area (TPSA) is 48.5 Å². The van der Waals surface area contributed by atoms with Crippen LogP contribution in [-0.2, 0) is 0 Å². The molecule has 0 aliphatic carbocycles. The van der Waals surface area contributed by atoms with Crippen LogP contribution in [0.4, 0.5) is 0 Å². The second-order valence-electron chi connectivity index (χ2n) is 14.4. The molecule has 0 spiro atoms. The summed E-state index contributed by atoms with van der Waals surface area (Å²) in [4.78, 5) is 15.2. The molecule has 4 aromatic heterocycles. The first-order valence-corrected chi connectivity index (χ1v) is 19.9. The second-order valence-corrected chi connectivity index (χ2v) is 15.5. The van der Waals surface area contributed by atoms with Gasteiger partial charge in [0.1, 0.15) is 0 Å². The van der Waals surface area contributed by atoms with Gasteiger partial charge in [0.25, 0.3) is 0 Å². The zero-order chi connectivity index (χ0) is 37.5. The van der Waals surface area contributed by atoms with Gasteiger partial charge < -0.3 is 9.13 Å². The Balaban J connectivity index is 1.20. The Kier molecular flexibility index (Phi) is 7.03. The van der Waals surface area contributed by atoms with E-state index in [0.717, 1.165) is 38.8 Å². The quantitative estimate of drug-likeness (QED) is 0.176. The predicted octanol–water partition coefficient (Wildman–Crippen LogP) is 13.4. The van der Waals surface area contributed by atoms with Crippen molar-refractivity contribution in [3.8, 4) is 45.5 Å². The highest BCUT2D eigenvalue weighted by Gasteiger charge is 2.23. The zero-order valence-corrected chi connectivity index (χ0v) is 31.4. The monoisotopic (exact) mass is 745 g/mol. The molecular weight excluding hydrogens is 715 g/mol. The maximum atomic E-state index is 5.13. The molecule has 8 aromatic carbocycles. The summed E-state index contributed by atoms with van der Waals surface area (Å²) in [5.41, 5.74) is 9.81. The molecule has 12 rings (SSSR count). The van der Waals surface area contributed by atoms with E-state index in [1.807, 2.05) is 47.7 Å². The molecule has 12 aromatic rings. The summed E-state index contributed by atoms with van der Waals surface area (Å²) < 4.78 is 7.37. The first-order chi connectivity index (χ1) is 28.3. The number of para-hydroxylation sites is 3. The summed E-state index contributed by atoms with van der Waals surface area (Å²) >= 11 is 1.86. The highest BCUT2D eigenvalue weighted by molar-refractivity contribution is 7.26. The maximum Gasteiger partial charge on any atom is 0.164 e. The lowest BCUT2D eigenvalue weighted by Gasteiger charge is -2.11. The van der Waals surface area contributed by atoms with Crippen LogP contribution in [0.2, 0.25) is 0 Å². The van der Waals surface area contributed by atoms with Gasteiger partial charge >= 0.3 is 0 Å². The van der Waals surface area contributed by atoms with Crippen molar-refractivity contribution in [1.82, 2.24) is 24.1 Å². The second kappa shape index (κ2) is 12.6. The largest absolute Gasteiger partial charge is 0.309 e. The smallest absolute Gasteiger partial charge is 0.164 e. The van der Waals surface area contributed by atoms with Crippen molar-refractivity contribution >= 4 is 75.1 Å². The van der Waals surface area contributed by atoms with Crippen LogP contribution in [0.3, 0.4) is 0 Å². The van der Waals surface area contributed by atoms with E-state index < -0.39 is 0 Å². The van der Waals surface area contributed by atoms with E-state index in [2.05, 4.69) is 161 Å². The normalized spacial score (nSPS) is 11.9. The molecule has 0 fully saturated rings. The van der Waals surface area contributed by atoms with Crippen molar-refractivity contribution in [1.29, 1.82) is 0 Å². The molecule has 0 unspecified atom stereocenters. The van der Waals surface area contributed by atoms with Crippen LogP contribution in [0.5, 0.6) is 0 Å². The Bertz CT molecular complexity index is 3400. The number of rotatable bonds is 5. The van der Waals surface area contributed by atoms with Gasteiger partial charge in [0.2, 0.25) is 0 Å². The zero-order valence-electron chi connectivity index (χ0n) is 30.5. The van der Waals surface area contributed by atoms with Gasteiger partial charge in [-0.15, -0.1) is 11.3 Å². The summed E-state index contributed by atoms with van der Waals surface area (Å²) in [6.45, 7) is 0. The highest BCUT2D eigenvalue weighted by atomic mass is 32.1. The molecule has 5 nitrogen and oxygen atoms in total. The van der Waals surface area contributed by atoms with Crippen molar-refractivity contribution < 1.29 is 0 Å². The van der Waals surface area contributed by atoms with Crippen molar-refractivity contribution in [3.05, 3.63) is 188 Å². The third-order valence-electron chi connectivity index (χ3n) is 11.2. The molecule has 0 aliphatic heterocycles. The van der Waals surface area contributed by atoms with Crippen molar-refractivity contribution in [2.45, 2.75) is 0 Å². The molecule has 0 N–H and O–H groups in total. The summed E-state index contributed by atoms with van der Waals surface area (Å²) in [6.07, 6.45) is 0. The van der Waals surface area contributed by atoms with Crippen molar-refractivity contribution in [2.75, 3.05) is 0 Å². The maximum absolute atomic E-state index is 5.13. The molecule has 0 saturated carbocycles. The SMILES string of the molecule is c1ccc(-c2nc(-c3ccccc3)nc(-c3ccc4c(c3)c3c5c(ccc3n4-c3ccccc3)sc3cccc(-n4c6ccccc6c6ccccc64)c35)n2)cc1. The Morgan fingerprint density at radius 1 is 0.333 bits per heavy atom. The lowest BCUT2D eigenvalue weighted by Crippen LogP contribution is -2.00. The average Bonchev–Trinajstić information content (AvgIpc) is 3.94. The molecule has 6 heteroatoms. The van der Waals surface area contributed by atoms with Crippen LogP contribution in [-0.4, -0.2) is 24.1 Å². The molecule has 0 atom stereocenters. The molecule has 0 amide bonds. The summed E-state index contributed by atoms with van der Waals surface area (Å²) in [7, 11) is 0. The molecule has 0 radical (unpaired) electrons. The minimum absolute atomic E-state index is 0.638. The number of fused-ring (bicyclic) bond motifs is 10. The van der Waals surface area contributed by atoms with Gasteiger partial charge in [-0.05, 0) is 66.7 Å². The summed E-state index contributed by atoms with van der Waals surface area (Å²) in [5.74, 6) is 1.93. The third-order valence-corrected chi connectivity index (χ3v) is 12.3. The first kappa shape index (κ1) is 31.9. The van der Waals surface area contributed by atoms with E-state index in [9.17, 15) is 0 Å². The Morgan fingerprint density at radius 2 is 0.860 bits per heavy atom. The van der Waals surface area contributed by atoms with Gasteiger partial charge in [-0.25, -0.2) is 15.0 Å². The van der Waals surface area contributed by atoms with Gasteiger partial charge in [0.05, 0.1) is 27.8 Å². The van der Waals surface area contributed by atoms with Crippen molar-refractivity contribution in [3.63, 3.8) is 0 Å². The van der Waals surface area contributed by atoms with Gasteiger partial charge in [-0.2, -0.15) is 0 Å². The number of thiophene rings is 1. The van der Waals surface area contributed by atoms with Gasteiger partial charge in [-0.1, -0.05) is 121 Å². The summed E-state index contributed by atoms with van der Waals surface area (Å²) in [6, 6.07) is 66.6. The number of benzene rings is 8. The molecule has 0 aliphatic rings. The fourth-order valence-corrected chi connectivity index (χ4v) is 9.84. The Labute approximate surface area is 331 Å². The summed E-state index contributed by atoms with van der Waals surface area (Å²) in [5, 5.41) is 7.38. The number of aromatic nitrogens is 5. The van der Waals surface area contributed by atoms with Gasteiger partial charge in [0, 0.05) is 64.1 Å². The number of hydrogen-bond acceptors (Lipinski definition) is 4. The van der Waals surface area contributed by atoms with Crippen LogP contribution in [0.25, 0.3) is 109 Å². The van der Waals surface area contributed by atoms with Crippen LogP contribution in [0.15, 0.2) is 188 Å². The lowest BCUT2D eigenvalue weighted by molar-refractivity contribution is 1.07. The van der Waals surface area contributed by atoms with E-state index in [-0.39, 0.29) is 0 Å². The highest BCUT2D eigenvalue weighted by Crippen LogP contribution is 2.47. The van der Waals surface area contributed by atoms with Crippen LogP contribution in [0, 0.1) is 0 Å². The van der Waals surface area contributed by atoms with Gasteiger partial charge in [0.15, 0.2) is 17.5 Å². The minimum atomic E-state index is 0.638. The predicted molar refractivity (Wildman–Crippen MR) is 238 cm³/mol. The minimum Gasteiger partial charge on any atom is -0.309 e. The van der Waals surface area contributed by atoms with Crippen LogP contribution < -0.4 is 0 Å². The lowest BCUT2D eigenvalue weighted by atomic mass is 10.0. The van der Waals surface area contributed by atoms with E-state index in [1.54, 1.807) is 0 Å². The molecule has 0 saturated heterocycles. The van der Waals surface area contributed by atoms with E-state index in [0.29, 0.717) is 17.5 Å². The Hall–Kier alpha value is -7.41. The first-order valence-electron chi connectivity index (χ1n) is 19.1. The number of nitrogens with zero attached hydrogens (tertiary/aromatic N) is 5. The van der Waals surface area contributed by atoms with E-state index in [4.69, 9.17) is 15.0 Å². The molecule has 0 bridgehead atoms.